The van der Waals surface area contributed by atoms with Gasteiger partial charge in [0.05, 0.1) is 12.8 Å². The van der Waals surface area contributed by atoms with Gasteiger partial charge in [-0.15, -0.1) is 0 Å². The maximum absolute atomic E-state index is 5.36. The van der Waals surface area contributed by atoms with Gasteiger partial charge in [0.2, 0.25) is 5.95 Å². The summed E-state index contributed by atoms with van der Waals surface area (Å²) in [6.07, 6.45) is 1.68. The molecule has 3 heterocycles. The van der Waals surface area contributed by atoms with Crippen LogP contribution >= 0.6 is 0 Å². The van der Waals surface area contributed by atoms with Crippen molar-refractivity contribution >= 4 is 11.8 Å². The van der Waals surface area contributed by atoms with Crippen LogP contribution in [0.5, 0.6) is 0 Å². The van der Waals surface area contributed by atoms with Crippen molar-refractivity contribution in [2.24, 2.45) is 0 Å². The fourth-order valence-electron chi connectivity index (χ4n) is 3.35. The van der Waals surface area contributed by atoms with Crippen molar-refractivity contribution in [3.8, 4) is 0 Å². The van der Waals surface area contributed by atoms with E-state index < -0.39 is 0 Å². The van der Waals surface area contributed by atoms with Crippen molar-refractivity contribution < 1.29 is 4.42 Å². The molecule has 140 valence electrons. The van der Waals surface area contributed by atoms with E-state index in [4.69, 9.17) is 9.40 Å². The molecule has 0 aliphatic carbocycles. The second-order valence-electron chi connectivity index (χ2n) is 6.87. The van der Waals surface area contributed by atoms with Gasteiger partial charge < -0.3 is 14.6 Å². The molecule has 0 atom stereocenters. The average Bonchev–Trinajstić information content (AvgIpc) is 3.21. The predicted molar refractivity (Wildman–Crippen MR) is 107 cm³/mol. The summed E-state index contributed by atoms with van der Waals surface area (Å²) in [6, 6.07) is 16.5. The van der Waals surface area contributed by atoms with Crippen LogP contribution in [0.15, 0.2) is 59.2 Å². The van der Waals surface area contributed by atoms with Crippen molar-refractivity contribution in [1.29, 1.82) is 0 Å². The van der Waals surface area contributed by atoms with Crippen LogP contribution in [0, 0.1) is 6.92 Å². The van der Waals surface area contributed by atoms with Crippen LogP contribution in [0.2, 0.25) is 0 Å². The molecular weight excluding hydrogens is 338 g/mol. The van der Waals surface area contributed by atoms with Gasteiger partial charge in [-0.1, -0.05) is 30.3 Å². The Bertz CT molecular complexity index is 842. The molecule has 4 rings (SSSR count). The standard InChI is InChI=1S/C21H25N5O/c1-17-14-20(24-21(23-17)22-15-19-8-5-13-27-19)26-11-9-25(10-12-26)16-18-6-3-2-4-7-18/h2-8,13-14H,9-12,15-16H2,1H3,(H,22,23,24). The highest BCUT2D eigenvalue weighted by Crippen LogP contribution is 2.18. The van der Waals surface area contributed by atoms with E-state index in [0.29, 0.717) is 12.5 Å². The van der Waals surface area contributed by atoms with Gasteiger partial charge >= 0.3 is 0 Å². The van der Waals surface area contributed by atoms with Crippen LogP contribution in [0.4, 0.5) is 11.8 Å². The van der Waals surface area contributed by atoms with E-state index in [2.05, 4.69) is 56.5 Å². The Morgan fingerprint density at radius 1 is 1.00 bits per heavy atom. The SMILES string of the molecule is Cc1cc(N2CCN(Cc3ccccc3)CC2)nc(NCc2ccco2)n1. The van der Waals surface area contributed by atoms with Crippen LogP contribution in [0.25, 0.3) is 0 Å². The number of furan rings is 1. The number of nitrogens with one attached hydrogen (secondary N) is 1. The van der Waals surface area contributed by atoms with Crippen molar-refractivity contribution in [2.45, 2.75) is 20.0 Å². The van der Waals surface area contributed by atoms with E-state index >= 15 is 0 Å². The quantitative estimate of drug-likeness (QED) is 0.725. The fraction of sp³-hybridized carbons (Fsp3) is 0.333. The molecule has 0 amide bonds. The van der Waals surface area contributed by atoms with Crippen molar-refractivity contribution in [3.63, 3.8) is 0 Å². The van der Waals surface area contributed by atoms with E-state index in [9.17, 15) is 0 Å². The van der Waals surface area contributed by atoms with E-state index in [1.165, 1.54) is 5.56 Å². The molecule has 1 aliphatic rings. The lowest BCUT2D eigenvalue weighted by molar-refractivity contribution is 0.249. The summed E-state index contributed by atoms with van der Waals surface area (Å²) in [5.41, 5.74) is 2.34. The molecule has 0 spiro atoms. The van der Waals surface area contributed by atoms with Crippen molar-refractivity contribution in [3.05, 3.63) is 71.8 Å². The molecule has 0 radical (unpaired) electrons. The lowest BCUT2D eigenvalue weighted by Gasteiger charge is -2.35. The normalized spacial score (nSPS) is 15.1. The molecular formula is C21H25N5O. The first-order valence-corrected chi connectivity index (χ1v) is 9.39. The Hall–Kier alpha value is -2.86. The highest BCUT2D eigenvalue weighted by atomic mass is 16.3. The zero-order chi connectivity index (χ0) is 18.5. The number of aromatic nitrogens is 2. The van der Waals surface area contributed by atoms with Gasteiger partial charge in [-0.2, -0.15) is 4.98 Å². The number of nitrogens with zero attached hydrogens (tertiary/aromatic N) is 4. The molecule has 1 fully saturated rings. The molecule has 27 heavy (non-hydrogen) atoms. The van der Waals surface area contributed by atoms with E-state index in [1.807, 2.05) is 19.1 Å². The molecule has 1 saturated heterocycles. The van der Waals surface area contributed by atoms with E-state index in [-0.39, 0.29) is 0 Å². The third kappa shape index (κ3) is 4.65. The molecule has 3 aromatic rings. The molecule has 6 nitrogen and oxygen atoms in total. The monoisotopic (exact) mass is 363 g/mol. The van der Waals surface area contributed by atoms with Crippen LogP contribution in [0.3, 0.4) is 0 Å². The van der Waals surface area contributed by atoms with Gasteiger partial charge in [-0.3, -0.25) is 4.90 Å². The van der Waals surface area contributed by atoms with Crippen LogP contribution in [-0.2, 0) is 13.1 Å². The molecule has 0 unspecified atom stereocenters. The summed E-state index contributed by atoms with van der Waals surface area (Å²) in [5.74, 6) is 2.51. The number of rotatable bonds is 6. The number of hydrogen-bond acceptors (Lipinski definition) is 6. The van der Waals surface area contributed by atoms with Gasteiger partial charge in [0.1, 0.15) is 11.6 Å². The third-order valence-corrected chi connectivity index (χ3v) is 4.79. The number of hydrogen-bond donors (Lipinski definition) is 1. The minimum atomic E-state index is 0.584. The minimum absolute atomic E-state index is 0.584. The number of aryl methyl sites for hydroxylation is 1. The van der Waals surface area contributed by atoms with Crippen molar-refractivity contribution in [1.82, 2.24) is 14.9 Å². The number of benzene rings is 1. The Balaban J connectivity index is 1.36. The van der Waals surface area contributed by atoms with Crippen molar-refractivity contribution in [2.75, 3.05) is 36.4 Å². The zero-order valence-electron chi connectivity index (χ0n) is 15.6. The largest absolute Gasteiger partial charge is 0.467 e. The van der Waals surface area contributed by atoms with Gasteiger partial charge in [0.15, 0.2) is 0 Å². The van der Waals surface area contributed by atoms with E-state index in [0.717, 1.165) is 50.0 Å². The number of anilines is 2. The fourth-order valence-corrected chi connectivity index (χ4v) is 3.35. The van der Waals surface area contributed by atoms with Gasteiger partial charge in [0.25, 0.3) is 0 Å². The maximum Gasteiger partial charge on any atom is 0.225 e. The van der Waals surface area contributed by atoms with Crippen LogP contribution < -0.4 is 10.2 Å². The molecule has 1 N–H and O–H groups in total. The Labute approximate surface area is 159 Å². The Morgan fingerprint density at radius 2 is 1.81 bits per heavy atom. The lowest BCUT2D eigenvalue weighted by atomic mass is 10.2. The minimum Gasteiger partial charge on any atom is -0.467 e. The molecule has 1 aromatic carbocycles. The Morgan fingerprint density at radius 3 is 2.56 bits per heavy atom. The van der Waals surface area contributed by atoms with Gasteiger partial charge in [-0.05, 0) is 24.6 Å². The highest BCUT2D eigenvalue weighted by molar-refractivity contribution is 5.45. The summed E-state index contributed by atoms with van der Waals surface area (Å²) < 4.78 is 5.36. The first-order valence-electron chi connectivity index (χ1n) is 9.39. The summed E-state index contributed by atoms with van der Waals surface area (Å²) in [4.78, 5) is 14.0. The lowest BCUT2D eigenvalue weighted by Crippen LogP contribution is -2.46. The van der Waals surface area contributed by atoms with Crippen LogP contribution in [-0.4, -0.2) is 41.0 Å². The summed E-state index contributed by atoms with van der Waals surface area (Å²) in [5, 5.41) is 3.26. The van der Waals surface area contributed by atoms with E-state index in [1.54, 1.807) is 6.26 Å². The maximum atomic E-state index is 5.36. The molecule has 6 heteroatoms. The summed E-state index contributed by atoms with van der Waals surface area (Å²) >= 11 is 0. The Kier molecular flexibility index (Phi) is 5.34. The molecule has 1 aliphatic heterocycles. The summed E-state index contributed by atoms with van der Waals surface area (Å²) in [7, 11) is 0. The zero-order valence-corrected chi connectivity index (χ0v) is 15.6. The van der Waals surface area contributed by atoms with Gasteiger partial charge in [-0.25, -0.2) is 4.98 Å². The first-order chi connectivity index (χ1) is 13.3. The summed E-state index contributed by atoms with van der Waals surface area (Å²) in [6.45, 7) is 7.62. The van der Waals surface area contributed by atoms with Crippen LogP contribution in [0.1, 0.15) is 17.0 Å². The second-order valence-corrected chi connectivity index (χ2v) is 6.87. The van der Waals surface area contributed by atoms with Gasteiger partial charge in [0, 0.05) is 44.5 Å². The first kappa shape index (κ1) is 17.5. The number of piperazine rings is 1. The average molecular weight is 363 g/mol. The topological polar surface area (TPSA) is 57.4 Å². The predicted octanol–water partition coefficient (Wildman–Crippen LogP) is 3.31. The molecule has 0 bridgehead atoms. The second kappa shape index (κ2) is 8.22. The highest BCUT2D eigenvalue weighted by Gasteiger charge is 2.19. The molecule has 0 saturated carbocycles. The molecule has 2 aromatic heterocycles. The smallest absolute Gasteiger partial charge is 0.225 e. The third-order valence-electron chi connectivity index (χ3n) is 4.79.